The van der Waals surface area contributed by atoms with E-state index in [9.17, 15) is 12.8 Å². The fourth-order valence-electron chi connectivity index (χ4n) is 1.90. The summed E-state index contributed by atoms with van der Waals surface area (Å²) in [5.41, 5.74) is 5.82. The molecule has 2 N–H and O–H groups in total. The van der Waals surface area contributed by atoms with Crippen molar-refractivity contribution < 1.29 is 12.8 Å². The summed E-state index contributed by atoms with van der Waals surface area (Å²) in [6, 6.07) is 2.52. The number of halogens is 2. The molecule has 0 aliphatic heterocycles. The average molecular weight is 351 g/mol. The lowest BCUT2D eigenvalue weighted by molar-refractivity contribution is 0.408. The molecule has 0 unspecified atom stereocenters. The molecule has 19 heavy (non-hydrogen) atoms. The van der Waals surface area contributed by atoms with E-state index in [2.05, 4.69) is 15.9 Å². The molecule has 1 fully saturated rings. The summed E-state index contributed by atoms with van der Waals surface area (Å²) in [4.78, 5) is -0.359. The van der Waals surface area contributed by atoms with Crippen LogP contribution in [-0.2, 0) is 10.0 Å². The van der Waals surface area contributed by atoms with Crippen LogP contribution in [0.3, 0.4) is 0 Å². The van der Waals surface area contributed by atoms with Gasteiger partial charge in [0.2, 0.25) is 10.0 Å². The van der Waals surface area contributed by atoms with Crippen molar-refractivity contribution in [2.45, 2.75) is 24.7 Å². The van der Waals surface area contributed by atoms with Gasteiger partial charge in [-0.25, -0.2) is 12.8 Å². The molecule has 0 bridgehead atoms. The van der Waals surface area contributed by atoms with Crippen LogP contribution in [0, 0.1) is 11.7 Å². The van der Waals surface area contributed by atoms with E-state index in [-0.39, 0.29) is 15.1 Å². The number of sulfonamides is 1. The van der Waals surface area contributed by atoms with Crippen LogP contribution in [0.2, 0.25) is 0 Å². The normalized spacial score (nSPS) is 16.0. The monoisotopic (exact) mass is 350 g/mol. The van der Waals surface area contributed by atoms with E-state index in [1.165, 1.54) is 16.4 Å². The second kappa shape index (κ2) is 5.38. The SMILES string of the molecule is CCN(CC1CC1)S(=O)(=O)c1cc(N)cc(Br)c1F. The van der Waals surface area contributed by atoms with Crippen molar-refractivity contribution in [1.82, 2.24) is 4.31 Å². The summed E-state index contributed by atoms with van der Waals surface area (Å²) in [6.07, 6.45) is 2.07. The molecule has 2 rings (SSSR count). The molecular weight excluding hydrogens is 335 g/mol. The molecule has 0 atom stereocenters. The zero-order valence-corrected chi connectivity index (χ0v) is 13.0. The summed E-state index contributed by atoms with van der Waals surface area (Å²) in [5, 5.41) is 0. The molecule has 1 aromatic carbocycles. The van der Waals surface area contributed by atoms with Crippen LogP contribution in [0.25, 0.3) is 0 Å². The highest BCUT2D eigenvalue weighted by Crippen LogP contribution is 2.33. The number of hydrogen-bond acceptors (Lipinski definition) is 3. The Balaban J connectivity index is 2.42. The number of nitrogens with two attached hydrogens (primary N) is 1. The first-order chi connectivity index (χ1) is 8.86. The van der Waals surface area contributed by atoms with Crippen molar-refractivity contribution in [3.8, 4) is 0 Å². The Morgan fingerprint density at radius 1 is 1.47 bits per heavy atom. The predicted octanol–water partition coefficient (Wildman–Crippen LogP) is 2.59. The maximum atomic E-state index is 14.0. The Morgan fingerprint density at radius 2 is 2.11 bits per heavy atom. The van der Waals surface area contributed by atoms with E-state index in [4.69, 9.17) is 5.73 Å². The smallest absolute Gasteiger partial charge is 0.246 e. The third-order valence-corrected chi connectivity index (χ3v) is 5.66. The minimum Gasteiger partial charge on any atom is -0.399 e. The van der Waals surface area contributed by atoms with Crippen molar-refractivity contribution >= 4 is 31.6 Å². The number of anilines is 1. The number of hydrogen-bond donors (Lipinski definition) is 1. The van der Waals surface area contributed by atoms with Gasteiger partial charge in [0, 0.05) is 18.8 Å². The Hall–Kier alpha value is -0.660. The highest BCUT2D eigenvalue weighted by atomic mass is 79.9. The molecule has 0 amide bonds. The van der Waals surface area contributed by atoms with E-state index >= 15 is 0 Å². The first-order valence-electron chi connectivity index (χ1n) is 6.11. The van der Waals surface area contributed by atoms with Gasteiger partial charge in [-0.15, -0.1) is 0 Å². The van der Waals surface area contributed by atoms with Crippen molar-refractivity contribution in [2.24, 2.45) is 5.92 Å². The topological polar surface area (TPSA) is 63.4 Å². The van der Waals surface area contributed by atoms with Gasteiger partial charge in [0.15, 0.2) is 5.82 Å². The zero-order valence-electron chi connectivity index (χ0n) is 10.6. The molecule has 7 heteroatoms. The number of nitrogen functional groups attached to an aromatic ring is 1. The molecule has 1 aliphatic rings. The van der Waals surface area contributed by atoms with Crippen LogP contribution in [0.1, 0.15) is 19.8 Å². The Labute approximate surface area is 121 Å². The lowest BCUT2D eigenvalue weighted by Gasteiger charge is -2.21. The van der Waals surface area contributed by atoms with Crippen LogP contribution in [0.4, 0.5) is 10.1 Å². The first kappa shape index (κ1) is 14.7. The van der Waals surface area contributed by atoms with Crippen molar-refractivity contribution in [3.05, 3.63) is 22.4 Å². The summed E-state index contributed by atoms with van der Waals surface area (Å²) in [6.45, 7) is 2.52. The molecule has 1 aromatic rings. The molecule has 1 aliphatic carbocycles. The van der Waals surface area contributed by atoms with Gasteiger partial charge in [0.05, 0.1) is 4.47 Å². The first-order valence-corrected chi connectivity index (χ1v) is 8.34. The standard InChI is InChI=1S/C12H16BrFN2O2S/c1-2-16(7-8-3-4-8)19(17,18)11-6-9(15)5-10(13)12(11)14/h5-6,8H,2-4,7,15H2,1H3. The summed E-state index contributed by atoms with van der Waals surface area (Å²) >= 11 is 2.99. The lowest BCUT2D eigenvalue weighted by Crippen LogP contribution is -2.33. The third-order valence-electron chi connectivity index (χ3n) is 3.15. The number of nitrogens with zero attached hydrogens (tertiary/aromatic N) is 1. The predicted molar refractivity (Wildman–Crippen MR) is 75.7 cm³/mol. The van der Waals surface area contributed by atoms with Gasteiger partial charge in [-0.3, -0.25) is 0 Å². The van der Waals surface area contributed by atoms with Crippen molar-refractivity contribution in [1.29, 1.82) is 0 Å². The van der Waals surface area contributed by atoms with Crippen molar-refractivity contribution in [3.63, 3.8) is 0 Å². The largest absolute Gasteiger partial charge is 0.399 e. The second-order valence-corrected chi connectivity index (χ2v) is 7.47. The van der Waals surface area contributed by atoms with Crippen LogP contribution in [-0.4, -0.2) is 25.8 Å². The molecule has 4 nitrogen and oxygen atoms in total. The van der Waals surface area contributed by atoms with E-state index in [1.54, 1.807) is 6.92 Å². The maximum Gasteiger partial charge on any atom is 0.246 e. The van der Waals surface area contributed by atoms with Gasteiger partial charge in [0.25, 0.3) is 0 Å². The number of rotatable bonds is 5. The van der Waals surface area contributed by atoms with E-state index in [0.29, 0.717) is 19.0 Å². The van der Waals surface area contributed by atoms with E-state index in [1.807, 2.05) is 0 Å². The fraction of sp³-hybridized carbons (Fsp3) is 0.500. The Kier molecular flexibility index (Phi) is 4.17. The second-order valence-electron chi connectivity index (χ2n) is 4.71. The number of benzene rings is 1. The van der Waals surface area contributed by atoms with Gasteiger partial charge in [-0.05, 0) is 46.8 Å². The molecule has 0 aromatic heterocycles. The van der Waals surface area contributed by atoms with Crippen LogP contribution in [0.15, 0.2) is 21.5 Å². The maximum absolute atomic E-state index is 14.0. The highest BCUT2D eigenvalue weighted by molar-refractivity contribution is 9.10. The average Bonchev–Trinajstić information content (AvgIpc) is 3.14. The molecule has 0 spiro atoms. The van der Waals surface area contributed by atoms with Crippen LogP contribution < -0.4 is 5.73 Å². The Morgan fingerprint density at radius 3 is 2.63 bits per heavy atom. The minimum atomic E-state index is -3.83. The lowest BCUT2D eigenvalue weighted by atomic mass is 10.3. The molecule has 0 saturated heterocycles. The van der Waals surface area contributed by atoms with Gasteiger partial charge in [0.1, 0.15) is 4.90 Å². The van der Waals surface area contributed by atoms with Crippen LogP contribution in [0.5, 0.6) is 0 Å². The summed E-state index contributed by atoms with van der Waals surface area (Å²) in [7, 11) is -3.83. The summed E-state index contributed by atoms with van der Waals surface area (Å²) in [5.74, 6) is -0.384. The molecule has 0 radical (unpaired) electrons. The van der Waals surface area contributed by atoms with E-state index in [0.717, 1.165) is 12.8 Å². The molecule has 1 saturated carbocycles. The van der Waals surface area contributed by atoms with Gasteiger partial charge in [-0.2, -0.15) is 4.31 Å². The fourth-order valence-corrected chi connectivity index (χ4v) is 4.15. The van der Waals surface area contributed by atoms with Gasteiger partial charge >= 0.3 is 0 Å². The third kappa shape index (κ3) is 3.09. The quantitative estimate of drug-likeness (QED) is 0.830. The van der Waals surface area contributed by atoms with Crippen molar-refractivity contribution in [2.75, 3.05) is 18.8 Å². The van der Waals surface area contributed by atoms with Gasteiger partial charge in [-0.1, -0.05) is 6.92 Å². The van der Waals surface area contributed by atoms with Gasteiger partial charge < -0.3 is 5.73 Å². The van der Waals surface area contributed by atoms with Crippen LogP contribution >= 0.6 is 15.9 Å². The molecule has 106 valence electrons. The zero-order chi connectivity index (χ0) is 14.2. The highest BCUT2D eigenvalue weighted by Gasteiger charge is 2.32. The molecular formula is C12H16BrFN2O2S. The molecule has 0 heterocycles. The minimum absolute atomic E-state index is 0.0635. The van der Waals surface area contributed by atoms with E-state index < -0.39 is 15.8 Å². The summed E-state index contributed by atoms with van der Waals surface area (Å²) < 4.78 is 40.3. The Bertz CT molecular complexity index is 588.